The van der Waals surface area contributed by atoms with Gasteiger partial charge in [0.15, 0.2) is 0 Å². The van der Waals surface area contributed by atoms with E-state index in [1.165, 1.54) is 16.7 Å². The second-order valence-corrected chi connectivity index (χ2v) is 8.49. The molecule has 5 amide bonds. The fourth-order valence-electron chi connectivity index (χ4n) is 4.54. The number of cyclic esters (lactones) is 1. The van der Waals surface area contributed by atoms with E-state index in [2.05, 4.69) is 5.32 Å². The average molecular weight is 460 g/mol. The van der Waals surface area contributed by atoms with Crippen LogP contribution < -0.4 is 15.1 Å². The molecule has 0 aliphatic carbocycles. The van der Waals surface area contributed by atoms with E-state index >= 15 is 0 Å². The minimum atomic E-state index is -0.532. The number of amides is 5. The first-order chi connectivity index (χ1) is 16.4. The summed E-state index contributed by atoms with van der Waals surface area (Å²) in [4.78, 5) is 53.7. The van der Waals surface area contributed by atoms with Crippen molar-refractivity contribution >= 4 is 40.9 Å². The van der Waals surface area contributed by atoms with Crippen molar-refractivity contribution in [3.8, 4) is 0 Å². The van der Waals surface area contributed by atoms with Crippen molar-refractivity contribution < 1.29 is 23.9 Å². The fourth-order valence-corrected chi connectivity index (χ4v) is 4.54. The Labute approximate surface area is 196 Å². The summed E-state index contributed by atoms with van der Waals surface area (Å²) < 4.78 is 5.32. The minimum absolute atomic E-state index is 0.174. The Kier molecular flexibility index (Phi) is 5.53. The van der Waals surface area contributed by atoms with Crippen LogP contribution in [0.3, 0.4) is 0 Å². The third-order valence-electron chi connectivity index (χ3n) is 6.28. The van der Waals surface area contributed by atoms with E-state index in [1.807, 2.05) is 36.4 Å². The summed E-state index contributed by atoms with van der Waals surface area (Å²) in [6.45, 7) is 2.40. The van der Waals surface area contributed by atoms with Gasteiger partial charge in [-0.25, -0.2) is 14.5 Å². The molecule has 174 valence electrons. The Morgan fingerprint density at radius 3 is 2.47 bits per heavy atom. The van der Waals surface area contributed by atoms with Crippen LogP contribution in [0.15, 0.2) is 60.7 Å². The summed E-state index contributed by atoms with van der Waals surface area (Å²) in [7, 11) is 0. The molecule has 3 aliphatic rings. The first-order valence-electron chi connectivity index (χ1n) is 11.1. The first-order valence-corrected chi connectivity index (χ1v) is 11.1. The normalized spacial score (nSPS) is 22.0. The molecule has 2 aromatic rings. The lowest BCUT2D eigenvalue weighted by molar-refractivity contribution is -0.120. The molecule has 1 unspecified atom stereocenters. The predicted molar refractivity (Wildman–Crippen MR) is 125 cm³/mol. The van der Waals surface area contributed by atoms with E-state index in [1.54, 1.807) is 29.2 Å². The van der Waals surface area contributed by atoms with Crippen molar-refractivity contribution in [2.45, 2.75) is 25.5 Å². The highest BCUT2D eigenvalue weighted by Gasteiger charge is 2.47. The maximum atomic E-state index is 13.1. The summed E-state index contributed by atoms with van der Waals surface area (Å²) in [5, 5.41) is 2.66. The van der Waals surface area contributed by atoms with Crippen LogP contribution in [-0.2, 0) is 14.3 Å². The van der Waals surface area contributed by atoms with Crippen LogP contribution in [-0.4, -0.2) is 60.6 Å². The highest BCUT2D eigenvalue weighted by molar-refractivity contribution is 6.22. The van der Waals surface area contributed by atoms with Crippen molar-refractivity contribution in [3.63, 3.8) is 0 Å². The van der Waals surface area contributed by atoms with E-state index < -0.39 is 18.2 Å². The number of nitrogens with zero attached hydrogens (tertiary/aromatic N) is 3. The van der Waals surface area contributed by atoms with Crippen LogP contribution in [0.4, 0.5) is 21.0 Å². The summed E-state index contributed by atoms with van der Waals surface area (Å²) in [6.07, 6.45) is 1.55. The lowest BCUT2D eigenvalue weighted by Gasteiger charge is -2.26. The third-order valence-corrected chi connectivity index (χ3v) is 6.28. The molecule has 0 aromatic heterocycles. The van der Waals surface area contributed by atoms with Gasteiger partial charge in [0.25, 0.3) is 5.91 Å². The van der Waals surface area contributed by atoms with E-state index in [4.69, 9.17) is 4.74 Å². The topological polar surface area (TPSA) is 99.3 Å². The Morgan fingerprint density at radius 2 is 1.76 bits per heavy atom. The van der Waals surface area contributed by atoms with Gasteiger partial charge in [-0.1, -0.05) is 36.4 Å². The SMILES string of the molecule is CC(=O)NC[C@H]1CN(c2ccc(C3=CCN4C(=O)N(c5ccccc5)C(=O)C4C3)cc2)C(=O)O1. The van der Waals surface area contributed by atoms with Gasteiger partial charge in [-0.2, -0.15) is 0 Å². The number of ether oxygens (including phenoxy) is 1. The zero-order valence-corrected chi connectivity index (χ0v) is 18.6. The lowest BCUT2D eigenvalue weighted by atomic mass is 9.94. The molecular formula is C25H24N4O5. The zero-order chi connectivity index (χ0) is 23.8. The molecule has 34 heavy (non-hydrogen) atoms. The van der Waals surface area contributed by atoms with E-state index in [0.29, 0.717) is 30.9 Å². The van der Waals surface area contributed by atoms with Gasteiger partial charge in [0, 0.05) is 25.6 Å². The van der Waals surface area contributed by atoms with Crippen molar-refractivity contribution in [3.05, 3.63) is 66.2 Å². The number of fused-ring (bicyclic) bond motifs is 1. The number of imide groups is 1. The number of nitrogens with one attached hydrogen (secondary N) is 1. The zero-order valence-electron chi connectivity index (χ0n) is 18.6. The molecule has 9 nitrogen and oxygen atoms in total. The van der Waals surface area contributed by atoms with Crippen LogP contribution in [0.25, 0.3) is 5.57 Å². The van der Waals surface area contributed by atoms with Gasteiger partial charge < -0.3 is 15.0 Å². The largest absolute Gasteiger partial charge is 0.442 e. The van der Waals surface area contributed by atoms with Crippen molar-refractivity contribution in [2.24, 2.45) is 0 Å². The minimum Gasteiger partial charge on any atom is -0.442 e. The molecule has 3 aliphatic heterocycles. The number of carbonyl (C=O) groups excluding carboxylic acids is 4. The molecule has 2 fully saturated rings. The smallest absolute Gasteiger partial charge is 0.414 e. The van der Waals surface area contributed by atoms with Crippen LogP contribution in [0.2, 0.25) is 0 Å². The van der Waals surface area contributed by atoms with Gasteiger partial charge >= 0.3 is 12.1 Å². The standard InChI is InChI=1S/C25H24N4O5/c1-16(30)26-14-21-15-28(25(33)34-21)19-9-7-17(8-10-19)18-11-12-27-22(13-18)23(31)29(24(27)32)20-5-3-2-4-6-20/h2-11,21-22H,12-15H2,1H3,(H,26,30)/t21-,22?/m0/s1. The van der Waals surface area contributed by atoms with Gasteiger partial charge in [0.1, 0.15) is 12.1 Å². The molecule has 0 spiro atoms. The van der Waals surface area contributed by atoms with Gasteiger partial charge in [-0.05, 0) is 35.4 Å². The number of para-hydroxylation sites is 1. The van der Waals surface area contributed by atoms with Crippen molar-refractivity contribution in [1.82, 2.24) is 10.2 Å². The highest BCUT2D eigenvalue weighted by Crippen LogP contribution is 2.35. The molecule has 9 heteroatoms. The van der Waals surface area contributed by atoms with Gasteiger partial charge in [0.2, 0.25) is 5.91 Å². The predicted octanol–water partition coefficient (Wildman–Crippen LogP) is 2.77. The van der Waals surface area contributed by atoms with E-state index in [9.17, 15) is 19.2 Å². The van der Waals surface area contributed by atoms with Crippen LogP contribution in [0.5, 0.6) is 0 Å². The van der Waals surface area contributed by atoms with Crippen LogP contribution in [0.1, 0.15) is 18.9 Å². The Balaban J connectivity index is 1.28. The highest BCUT2D eigenvalue weighted by atomic mass is 16.6. The second kappa shape index (κ2) is 8.66. The fraction of sp³-hybridized carbons (Fsp3) is 0.280. The maximum Gasteiger partial charge on any atom is 0.414 e. The molecule has 0 bridgehead atoms. The third kappa shape index (κ3) is 3.89. The number of rotatable bonds is 5. The molecule has 5 rings (SSSR count). The average Bonchev–Trinajstić information content (AvgIpc) is 3.34. The molecule has 0 saturated carbocycles. The summed E-state index contributed by atoms with van der Waals surface area (Å²) >= 11 is 0. The number of anilines is 2. The summed E-state index contributed by atoms with van der Waals surface area (Å²) in [6, 6.07) is 15.6. The maximum absolute atomic E-state index is 13.1. The van der Waals surface area contributed by atoms with E-state index in [-0.39, 0.29) is 24.4 Å². The monoisotopic (exact) mass is 460 g/mol. The Hall–Kier alpha value is -4.14. The van der Waals surface area contributed by atoms with Gasteiger partial charge in [0.05, 0.1) is 18.8 Å². The lowest BCUT2D eigenvalue weighted by Crippen LogP contribution is -2.38. The van der Waals surface area contributed by atoms with Crippen LogP contribution >= 0.6 is 0 Å². The molecule has 1 N–H and O–H groups in total. The molecule has 0 radical (unpaired) electrons. The summed E-state index contributed by atoms with van der Waals surface area (Å²) in [5.41, 5.74) is 3.19. The number of carbonyl (C=O) groups is 4. The van der Waals surface area contributed by atoms with Gasteiger partial charge in [-0.3, -0.25) is 14.5 Å². The number of urea groups is 1. The quantitative estimate of drug-likeness (QED) is 0.692. The summed E-state index contributed by atoms with van der Waals surface area (Å²) in [5.74, 6) is -0.393. The molecule has 2 aromatic carbocycles. The number of hydrogen-bond donors (Lipinski definition) is 1. The van der Waals surface area contributed by atoms with Crippen LogP contribution in [0, 0.1) is 0 Å². The van der Waals surface area contributed by atoms with Crippen molar-refractivity contribution in [1.29, 1.82) is 0 Å². The second-order valence-electron chi connectivity index (χ2n) is 8.49. The molecule has 3 heterocycles. The number of hydrogen-bond acceptors (Lipinski definition) is 5. The van der Waals surface area contributed by atoms with Gasteiger partial charge in [-0.15, -0.1) is 0 Å². The molecular weight excluding hydrogens is 436 g/mol. The molecule has 2 atom stereocenters. The van der Waals surface area contributed by atoms with Crippen molar-refractivity contribution in [2.75, 3.05) is 29.4 Å². The Morgan fingerprint density at radius 1 is 1.03 bits per heavy atom. The first kappa shape index (κ1) is 21.7. The van der Waals surface area contributed by atoms with E-state index in [0.717, 1.165) is 11.1 Å². The Bertz CT molecular complexity index is 1180. The number of benzene rings is 2. The molecule has 2 saturated heterocycles.